The summed E-state index contributed by atoms with van der Waals surface area (Å²) < 4.78 is 12.8. The molecule has 2 heteroatoms. The quantitative estimate of drug-likeness (QED) is 0.752. The highest BCUT2D eigenvalue weighted by Crippen LogP contribution is 2.40. The second kappa shape index (κ2) is 4.87. The van der Waals surface area contributed by atoms with E-state index in [4.69, 9.17) is 0 Å². The van der Waals surface area contributed by atoms with Gasteiger partial charge in [0.15, 0.2) is 0 Å². The Morgan fingerprint density at radius 2 is 1.88 bits per heavy atom. The molecule has 0 heterocycles. The lowest BCUT2D eigenvalue weighted by atomic mass is 9.69. The average molecular weight is 231 g/mol. The minimum Gasteiger partial charge on any atom is -0.207 e. The summed E-state index contributed by atoms with van der Waals surface area (Å²) in [6.45, 7) is 2.25. The summed E-state index contributed by atoms with van der Waals surface area (Å²) in [5.41, 5.74) is 0.854. The first-order valence-electron chi connectivity index (χ1n) is 6.29. The van der Waals surface area contributed by atoms with Crippen LogP contribution in [0.15, 0.2) is 24.3 Å². The third-order valence-electron chi connectivity index (χ3n) is 3.92. The number of nitriles is 1. The van der Waals surface area contributed by atoms with Crippen LogP contribution in [-0.2, 0) is 6.42 Å². The van der Waals surface area contributed by atoms with Crippen molar-refractivity contribution in [2.45, 2.75) is 39.0 Å². The van der Waals surface area contributed by atoms with Crippen LogP contribution in [0.25, 0.3) is 0 Å². The number of benzene rings is 1. The van der Waals surface area contributed by atoms with Crippen molar-refractivity contribution >= 4 is 0 Å². The van der Waals surface area contributed by atoms with Gasteiger partial charge >= 0.3 is 0 Å². The molecule has 0 aliphatic heterocycles. The van der Waals surface area contributed by atoms with Crippen LogP contribution in [0.4, 0.5) is 4.39 Å². The third-order valence-corrected chi connectivity index (χ3v) is 3.92. The summed E-state index contributed by atoms with van der Waals surface area (Å²) in [5.74, 6) is 0.529. The maximum absolute atomic E-state index is 12.8. The van der Waals surface area contributed by atoms with Crippen molar-refractivity contribution in [1.29, 1.82) is 5.26 Å². The molecule has 17 heavy (non-hydrogen) atoms. The van der Waals surface area contributed by atoms with Gasteiger partial charge in [0.05, 0.1) is 11.5 Å². The lowest BCUT2D eigenvalue weighted by Crippen LogP contribution is -2.27. The number of hydrogen-bond acceptors (Lipinski definition) is 1. The van der Waals surface area contributed by atoms with Gasteiger partial charge in [-0.3, -0.25) is 0 Å². The zero-order chi connectivity index (χ0) is 12.3. The fourth-order valence-corrected chi connectivity index (χ4v) is 2.64. The Kier molecular flexibility index (Phi) is 3.47. The first-order valence-corrected chi connectivity index (χ1v) is 6.29. The molecule has 90 valence electrons. The van der Waals surface area contributed by atoms with E-state index >= 15 is 0 Å². The van der Waals surface area contributed by atoms with Gasteiger partial charge < -0.3 is 0 Å². The van der Waals surface area contributed by atoms with Gasteiger partial charge in [-0.05, 0) is 55.7 Å². The van der Waals surface area contributed by atoms with Crippen LogP contribution >= 0.6 is 0 Å². The van der Waals surface area contributed by atoms with Crippen LogP contribution in [-0.4, -0.2) is 0 Å². The van der Waals surface area contributed by atoms with Gasteiger partial charge in [0.1, 0.15) is 5.82 Å². The van der Waals surface area contributed by atoms with E-state index in [2.05, 4.69) is 13.0 Å². The van der Waals surface area contributed by atoms with Gasteiger partial charge in [-0.25, -0.2) is 4.39 Å². The van der Waals surface area contributed by atoms with Crippen molar-refractivity contribution in [1.82, 2.24) is 0 Å². The molecule has 0 unspecified atom stereocenters. The highest BCUT2D eigenvalue weighted by Gasteiger charge is 2.34. The number of hydrogen-bond donors (Lipinski definition) is 0. The largest absolute Gasteiger partial charge is 0.207 e. The smallest absolute Gasteiger partial charge is 0.123 e. The first-order chi connectivity index (χ1) is 8.13. The van der Waals surface area contributed by atoms with E-state index in [9.17, 15) is 9.65 Å². The van der Waals surface area contributed by atoms with Crippen molar-refractivity contribution in [2.75, 3.05) is 0 Å². The molecule has 0 amide bonds. The summed E-state index contributed by atoms with van der Waals surface area (Å²) >= 11 is 0. The van der Waals surface area contributed by atoms with Gasteiger partial charge in [0.2, 0.25) is 0 Å². The van der Waals surface area contributed by atoms with Gasteiger partial charge in [0.25, 0.3) is 0 Å². The van der Waals surface area contributed by atoms with Gasteiger partial charge in [-0.15, -0.1) is 0 Å². The molecule has 0 saturated heterocycles. The summed E-state index contributed by atoms with van der Waals surface area (Å²) in [7, 11) is 0. The molecule has 1 saturated carbocycles. The predicted molar refractivity (Wildman–Crippen MR) is 65.8 cm³/mol. The zero-order valence-corrected chi connectivity index (χ0v) is 10.2. The Hall–Kier alpha value is -1.36. The maximum atomic E-state index is 12.8. The fraction of sp³-hybridized carbons (Fsp3) is 0.533. The van der Waals surface area contributed by atoms with Crippen LogP contribution in [0, 0.1) is 28.5 Å². The van der Waals surface area contributed by atoms with Crippen molar-refractivity contribution in [3.63, 3.8) is 0 Å². The monoisotopic (exact) mass is 231 g/mol. The fourth-order valence-electron chi connectivity index (χ4n) is 2.64. The summed E-state index contributed by atoms with van der Waals surface area (Å²) in [4.78, 5) is 0. The van der Waals surface area contributed by atoms with E-state index in [-0.39, 0.29) is 11.2 Å². The molecule has 0 radical (unpaired) electrons. The van der Waals surface area contributed by atoms with E-state index in [0.29, 0.717) is 0 Å². The Bertz CT molecular complexity index is 408. The topological polar surface area (TPSA) is 23.8 Å². The van der Waals surface area contributed by atoms with Gasteiger partial charge in [-0.1, -0.05) is 19.1 Å². The second-order valence-corrected chi connectivity index (χ2v) is 5.38. The third kappa shape index (κ3) is 2.85. The second-order valence-electron chi connectivity index (χ2n) is 5.38. The van der Waals surface area contributed by atoms with E-state index < -0.39 is 0 Å². The van der Waals surface area contributed by atoms with Crippen LogP contribution in [0.1, 0.15) is 38.2 Å². The summed E-state index contributed by atoms with van der Waals surface area (Å²) in [6.07, 6.45) is 4.98. The molecule has 0 bridgehead atoms. The van der Waals surface area contributed by atoms with Crippen LogP contribution < -0.4 is 0 Å². The van der Waals surface area contributed by atoms with Crippen molar-refractivity contribution in [3.05, 3.63) is 35.6 Å². The van der Waals surface area contributed by atoms with E-state index in [1.807, 2.05) is 0 Å². The van der Waals surface area contributed by atoms with Gasteiger partial charge in [0, 0.05) is 0 Å². The zero-order valence-electron chi connectivity index (χ0n) is 10.2. The standard InChI is InChI=1S/C15H18FN/c1-12-6-8-15(11-17,9-7-12)10-13-2-4-14(16)5-3-13/h2-5,12H,6-10H2,1H3. The molecule has 1 fully saturated rings. The van der Waals surface area contributed by atoms with Crippen LogP contribution in [0.2, 0.25) is 0 Å². The average Bonchev–Trinajstić information content (AvgIpc) is 2.35. The lowest BCUT2D eigenvalue weighted by Gasteiger charge is -2.33. The molecule has 1 aliphatic carbocycles. The SMILES string of the molecule is CC1CCC(C#N)(Cc2ccc(F)cc2)CC1. The van der Waals surface area contributed by atoms with E-state index in [1.54, 1.807) is 12.1 Å². The molecule has 1 aliphatic rings. The molecular weight excluding hydrogens is 213 g/mol. The van der Waals surface area contributed by atoms with Gasteiger partial charge in [-0.2, -0.15) is 5.26 Å². The highest BCUT2D eigenvalue weighted by molar-refractivity contribution is 5.20. The minimum absolute atomic E-state index is 0.211. The van der Waals surface area contributed by atoms with E-state index in [0.717, 1.165) is 43.6 Å². The number of rotatable bonds is 2. The first kappa shape index (κ1) is 12.1. The highest BCUT2D eigenvalue weighted by atomic mass is 19.1. The molecule has 0 aromatic heterocycles. The van der Waals surface area contributed by atoms with Crippen molar-refractivity contribution in [2.24, 2.45) is 11.3 Å². The molecule has 1 nitrogen and oxygen atoms in total. The van der Waals surface area contributed by atoms with Crippen LogP contribution in [0.5, 0.6) is 0 Å². The Morgan fingerprint density at radius 3 is 2.41 bits per heavy atom. The number of nitrogens with zero attached hydrogens (tertiary/aromatic N) is 1. The Labute approximate surface area is 102 Å². The molecule has 0 N–H and O–H groups in total. The van der Waals surface area contributed by atoms with E-state index in [1.165, 1.54) is 12.1 Å². The minimum atomic E-state index is -0.218. The Morgan fingerprint density at radius 1 is 1.29 bits per heavy atom. The number of halogens is 1. The molecule has 1 aromatic carbocycles. The van der Waals surface area contributed by atoms with Crippen LogP contribution in [0.3, 0.4) is 0 Å². The molecule has 1 aromatic rings. The van der Waals surface area contributed by atoms with Crippen molar-refractivity contribution in [3.8, 4) is 6.07 Å². The molecule has 0 atom stereocenters. The molecule has 0 spiro atoms. The maximum Gasteiger partial charge on any atom is 0.123 e. The molecular formula is C15H18FN. The Balaban J connectivity index is 2.10. The molecule has 2 rings (SSSR count). The lowest BCUT2D eigenvalue weighted by molar-refractivity contribution is 0.219. The predicted octanol–water partition coefficient (Wildman–Crippen LogP) is 4.09. The summed E-state index contributed by atoms with van der Waals surface area (Å²) in [5, 5.41) is 9.42. The summed E-state index contributed by atoms with van der Waals surface area (Å²) in [6, 6.07) is 9.06. The van der Waals surface area contributed by atoms with Crippen molar-refractivity contribution < 1.29 is 4.39 Å². The normalized spacial score (nSPS) is 28.6.